The number of nitrogens with zero attached hydrogens (tertiary/aromatic N) is 1. The van der Waals surface area contributed by atoms with Crippen molar-refractivity contribution < 1.29 is 8.42 Å². The molecule has 0 heterocycles. The lowest BCUT2D eigenvalue weighted by atomic mass is 9.96. The van der Waals surface area contributed by atoms with E-state index in [0.29, 0.717) is 26.1 Å². The van der Waals surface area contributed by atoms with Crippen molar-refractivity contribution in [3.05, 3.63) is 34.9 Å². The molecule has 1 aliphatic rings. The van der Waals surface area contributed by atoms with Crippen LogP contribution >= 0.6 is 11.6 Å². The van der Waals surface area contributed by atoms with E-state index in [9.17, 15) is 8.42 Å². The minimum absolute atomic E-state index is 0.102. The third-order valence-electron chi connectivity index (χ3n) is 4.18. The van der Waals surface area contributed by atoms with Crippen LogP contribution in [0.3, 0.4) is 0 Å². The fraction of sp³-hybridized carbons (Fsp3) is 0.588. The monoisotopic (exact) mass is 386 g/mol. The van der Waals surface area contributed by atoms with Crippen molar-refractivity contribution in [3.63, 3.8) is 0 Å². The Morgan fingerprint density at radius 3 is 2.64 bits per heavy atom. The minimum Gasteiger partial charge on any atom is -0.357 e. The molecule has 0 amide bonds. The molecule has 6 nitrogen and oxygen atoms in total. The molecule has 0 spiro atoms. The number of sulfonamides is 1. The summed E-state index contributed by atoms with van der Waals surface area (Å²) in [6.45, 7) is 4.57. The lowest BCUT2D eigenvalue weighted by molar-refractivity contribution is 0.584. The van der Waals surface area contributed by atoms with Gasteiger partial charge in [0.25, 0.3) is 0 Å². The average Bonchev–Trinajstić information content (AvgIpc) is 3.32. The quantitative estimate of drug-likeness (QED) is 0.343. The van der Waals surface area contributed by atoms with E-state index in [1.165, 1.54) is 5.56 Å². The van der Waals surface area contributed by atoms with Crippen LogP contribution in [0.25, 0.3) is 0 Å². The number of aliphatic imine (C=N–C) groups is 1. The van der Waals surface area contributed by atoms with Gasteiger partial charge >= 0.3 is 0 Å². The average molecular weight is 387 g/mol. The Bertz CT molecular complexity index is 702. The molecule has 0 atom stereocenters. The maximum atomic E-state index is 11.0. The molecule has 2 rings (SSSR count). The van der Waals surface area contributed by atoms with E-state index in [4.69, 9.17) is 16.6 Å². The molecule has 25 heavy (non-hydrogen) atoms. The number of hydrogen-bond acceptors (Lipinski definition) is 3. The maximum Gasteiger partial charge on any atom is 0.208 e. The van der Waals surface area contributed by atoms with Gasteiger partial charge in [-0.05, 0) is 43.9 Å². The summed E-state index contributed by atoms with van der Waals surface area (Å²) in [5, 5.41) is 7.24. The molecule has 1 saturated carbocycles. The van der Waals surface area contributed by atoms with E-state index in [2.05, 4.69) is 21.4 Å². The van der Waals surface area contributed by atoms with Gasteiger partial charge in [-0.3, -0.25) is 4.99 Å². The van der Waals surface area contributed by atoms with Crippen molar-refractivity contribution in [2.45, 2.75) is 31.6 Å². The molecule has 140 valence electrons. The predicted molar refractivity (Wildman–Crippen MR) is 104 cm³/mol. The third kappa shape index (κ3) is 6.84. The molecular formula is C17H27ClN4O2S. The number of benzene rings is 1. The molecule has 0 bridgehead atoms. The second kappa shape index (κ2) is 8.87. The van der Waals surface area contributed by atoms with Crippen molar-refractivity contribution >= 4 is 27.6 Å². The molecule has 8 heteroatoms. The van der Waals surface area contributed by atoms with Crippen molar-refractivity contribution in [2.75, 3.05) is 32.4 Å². The summed E-state index contributed by atoms with van der Waals surface area (Å²) in [5.41, 5.74) is 1.35. The summed E-state index contributed by atoms with van der Waals surface area (Å²) in [7, 11) is -3.12. The van der Waals surface area contributed by atoms with Gasteiger partial charge < -0.3 is 10.6 Å². The predicted octanol–water partition coefficient (Wildman–Crippen LogP) is 1.87. The second-order valence-electron chi connectivity index (χ2n) is 6.43. The zero-order chi connectivity index (χ0) is 18.3. The number of hydrogen-bond donors (Lipinski definition) is 3. The van der Waals surface area contributed by atoms with Gasteiger partial charge in [-0.15, -0.1) is 0 Å². The second-order valence-corrected chi connectivity index (χ2v) is 8.70. The van der Waals surface area contributed by atoms with Crippen LogP contribution < -0.4 is 15.4 Å². The molecule has 1 aromatic carbocycles. The highest BCUT2D eigenvalue weighted by molar-refractivity contribution is 7.88. The van der Waals surface area contributed by atoms with Crippen LogP contribution in [0.2, 0.25) is 5.02 Å². The van der Waals surface area contributed by atoms with Crippen molar-refractivity contribution in [1.29, 1.82) is 0 Å². The van der Waals surface area contributed by atoms with Gasteiger partial charge in [0.1, 0.15) is 0 Å². The minimum atomic E-state index is -3.12. The highest BCUT2D eigenvalue weighted by Crippen LogP contribution is 2.48. The first-order valence-electron chi connectivity index (χ1n) is 8.57. The Kier molecular flexibility index (Phi) is 7.10. The normalized spacial score (nSPS) is 16.5. The molecule has 0 saturated heterocycles. The Balaban J connectivity index is 1.87. The van der Waals surface area contributed by atoms with Crippen LogP contribution in [-0.2, 0) is 15.4 Å². The molecular weight excluding hydrogens is 360 g/mol. The van der Waals surface area contributed by atoms with E-state index < -0.39 is 10.0 Å². The van der Waals surface area contributed by atoms with Gasteiger partial charge in [0.05, 0.1) is 12.8 Å². The maximum absolute atomic E-state index is 11.0. The van der Waals surface area contributed by atoms with Crippen molar-refractivity contribution in [3.8, 4) is 0 Å². The van der Waals surface area contributed by atoms with E-state index >= 15 is 0 Å². The zero-order valence-electron chi connectivity index (χ0n) is 14.8. The van der Waals surface area contributed by atoms with Crippen molar-refractivity contribution in [1.82, 2.24) is 15.4 Å². The van der Waals surface area contributed by atoms with Gasteiger partial charge in [-0.2, -0.15) is 0 Å². The molecule has 3 N–H and O–H groups in total. The first kappa shape index (κ1) is 20.0. The summed E-state index contributed by atoms with van der Waals surface area (Å²) in [5.74, 6) is 0.759. The van der Waals surface area contributed by atoms with E-state index in [1.807, 2.05) is 25.1 Å². The van der Waals surface area contributed by atoms with Gasteiger partial charge in [0, 0.05) is 30.1 Å². The topological polar surface area (TPSA) is 82.6 Å². The van der Waals surface area contributed by atoms with Crippen LogP contribution in [0.5, 0.6) is 0 Å². The molecule has 1 aliphatic carbocycles. The molecule has 0 unspecified atom stereocenters. The summed E-state index contributed by atoms with van der Waals surface area (Å²) in [6, 6.07) is 8.02. The third-order valence-corrected chi connectivity index (χ3v) is 5.15. The SMILES string of the molecule is CCNC(=NCC1(c2cccc(Cl)c2)CC1)NCCCNS(C)(=O)=O. The highest BCUT2D eigenvalue weighted by Gasteiger charge is 2.44. The summed E-state index contributed by atoms with van der Waals surface area (Å²) >= 11 is 6.11. The van der Waals surface area contributed by atoms with Gasteiger partial charge in [-0.25, -0.2) is 13.1 Å². The van der Waals surface area contributed by atoms with E-state index in [1.54, 1.807) is 0 Å². The van der Waals surface area contributed by atoms with Crippen molar-refractivity contribution in [2.24, 2.45) is 4.99 Å². The summed E-state index contributed by atoms with van der Waals surface area (Å²) in [6.07, 6.45) is 4.09. The van der Waals surface area contributed by atoms with Crippen LogP contribution in [0.1, 0.15) is 31.7 Å². The van der Waals surface area contributed by atoms with E-state index in [0.717, 1.165) is 36.6 Å². The van der Waals surface area contributed by atoms with Crippen LogP contribution in [-0.4, -0.2) is 46.8 Å². The molecule has 0 radical (unpaired) electrons. The fourth-order valence-electron chi connectivity index (χ4n) is 2.63. The number of nitrogens with one attached hydrogen (secondary N) is 3. The Labute approximate surface area is 155 Å². The first-order valence-corrected chi connectivity index (χ1v) is 10.8. The highest BCUT2D eigenvalue weighted by atomic mass is 35.5. The summed E-state index contributed by atoms with van der Waals surface area (Å²) < 4.78 is 24.5. The number of rotatable bonds is 9. The standard InChI is InChI=1S/C17H27ClN4O2S/c1-3-19-16(20-10-5-11-22-25(2,23)24)21-13-17(8-9-17)14-6-4-7-15(18)12-14/h4,6-7,12,22H,3,5,8-11,13H2,1-2H3,(H2,19,20,21). The molecule has 0 aliphatic heterocycles. The largest absolute Gasteiger partial charge is 0.357 e. The smallest absolute Gasteiger partial charge is 0.208 e. The molecule has 1 fully saturated rings. The lowest BCUT2D eigenvalue weighted by Gasteiger charge is -2.16. The molecule has 1 aromatic rings. The first-order chi connectivity index (χ1) is 11.8. The number of halogens is 1. The van der Waals surface area contributed by atoms with Crippen LogP contribution in [0.4, 0.5) is 0 Å². The van der Waals surface area contributed by atoms with Gasteiger partial charge in [-0.1, -0.05) is 23.7 Å². The Morgan fingerprint density at radius 2 is 2.04 bits per heavy atom. The van der Waals surface area contributed by atoms with Crippen LogP contribution in [0.15, 0.2) is 29.3 Å². The Morgan fingerprint density at radius 1 is 1.28 bits per heavy atom. The van der Waals surface area contributed by atoms with Gasteiger partial charge in [0.15, 0.2) is 5.96 Å². The Hall–Kier alpha value is -1.31. The number of guanidine groups is 1. The lowest BCUT2D eigenvalue weighted by Crippen LogP contribution is -2.39. The van der Waals surface area contributed by atoms with Gasteiger partial charge in [0.2, 0.25) is 10.0 Å². The zero-order valence-corrected chi connectivity index (χ0v) is 16.4. The van der Waals surface area contributed by atoms with E-state index in [-0.39, 0.29) is 5.41 Å². The molecule has 0 aromatic heterocycles. The van der Waals surface area contributed by atoms with Crippen LogP contribution in [0, 0.1) is 0 Å². The summed E-state index contributed by atoms with van der Waals surface area (Å²) in [4.78, 5) is 4.71. The fourth-order valence-corrected chi connectivity index (χ4v) is 3.34.